The van der Waals surface area contributed by atoms with E-state index in [2.05, 4.69) is 11.4 Å². The fourth-order valence-corrected chi connectivity index (χ4v) is 1.99. The van der Waals surface area contributed by atoms with Crippen molar-refractivity contribution in [2.75, 3.05) is 0 Å². The average molecular weight is 263 g/mol. The van der Waals surface area contributed by atoms with Crippen LogP contribution in [0, 0.1) is 26.7 Å². The van der Waals surface area contributed by atoms with Crippen molar-refractivity contribution in [1.82, 2.24) is 5.32 Å². The number of hydrogen-bond donors (Lipinski definition) is 2. The number of hydrogen-bond acceptors (Lipinski definition) is 2. The predicted octanol–water partition coefficient (Wildman–Crippen LogP) is 2.34. The topological polar surface area (TPSA) is 66.4 Å². The van der Waals surface area contributed by atoms with Crippen LogP contribution in [0.15, 0.2) is 12.1 Å². The highest BCUT2D eigenvalue weighted by Gasteiger charge is 2.23. The van der Waals surface area contributed by atoms with Crippen LogP contribution in [-0.4, -0.2) is 17.0 Å². The van der Waals surface area contributed by atoms with Crippen molar-refractivity contribution in [1.29, 1.82) is 0 Å². The van der Waals surface area contributed by atoms with Crippen molar-refractivity contribution in [3.05, 3.63) is 34.4 Å². The van der Waals surface area contributed by atoms with E-state index in [1.54, 1.807) is 6.92 Å². The third-order valence-corrected chi connectivity index (χ3v) is 3.43. The molecule has 0 saturated heterocycles. The summed E-state index contributed by atoms with van der Waals surface area (Å²) >= 11 is 0. The largest absolute Gasteiger partial charge is 0.481 e. The molecule has 1 aromatic carbocycles. The average Bonchev–Trinajstić information content (AvgIpc) is 2.32. The number of rotatable bonds is 5. The van der Waals surface area contributed by atoms with E-state index in [1.165, 1.54) is 11.1 Å². The van der Waals surface area contributed by atoms with Crippen molar-refractivity contribution in [2.24, 2.45) is 5.92 Å². The van der Waals surface area contributed by atoms with Gasteiger partial charge in [-0.1, -0.05) is 19.1 Å². The number of carboxylic acids is 1. The molecule has 0 fully saturated rings. The van der Waals surface area contributed by atoms with E-state index in [4.69, 9.17) is 5.11 Å². The Kier molecular flexibility index (Phi) is 5.10. The molecule has 104 valence electrons. The molecule has 0 spiro atoms. The van der Waals surface area contributed by atoms with Gasteiger partial charge in [0, 0.05) is 6.54 Å². The number of amides is 1. The van der Waals surface area contributed by atoms with E-state index in [0.29, 0.717) is 13.0 Å². The summed E-state index contributed by atoms with van der Waals surface area (Å²) in [4.78, 5) is 22.6. The van der Waals surface area contributed by atoms with E-state index in [9.17, 15) is 9.59 Å². The van der Waals surface area contributed by atoms with Gasteiger partial charge in [-0.05, 0) is 49.4 Å². The van der Waals surface area contributed by atoms with Crippen molar-refractivity contribution in [3.8, 4) is 0 Å². The molecule has 0 aliphatic heterocycles. The molecule has 0 saturated carbocycles. The summed E-state index contributed by atoms with van der Waals surface area (Å²) in [6.45, 7) is 8.12. The van der Waals surface area contributed by atoms with Crippen LogP contribution in [0.3, 0.4) is 0 Å². The smallest absolute Gasteiger partial charge is 0.316 e. The highest BCUT2D eigenvalue weighted by Crippen LogP contribution is 2.15. The third-order valence-electron chi connectivity index (χ3n) is 3.43. The van der Waals surface area contributed by atoms with Gasteiger partial charge >= 0.3 is 5.97 Å². The summed E-state index contributed by atoms with van der Waals surface area (Å²) in [6.07, 6.45) is 0.299. The number of carbonyl (C=O) groups excluding carboxylic acids is 1. The molecule has 1 aromatic rings. The predicted molar refractivity (Wildman–Crippen MR) is 73.9 cm³/mol. The van der Waals surface area contributed by atoms with Gasteiger partial charge in [-0.2, -0.15) is 0 Å². The van der Waals surface area contributed by atoms with E-state index >= 15 is 0 Å². The van der Waals surface area contributed by atoms with Crippen LogP contribution in [0.25, 0.3) is 0 Å². The van der Waals surface area contributed by atoms with Gasteiger partial charge in [0.2, 0.25) is 5.91 Å². The Balaban J connectivity index is 2.74. The van der Waals surface area contributed by atoms with Gasteiger partial charge in [-0.25, -0.2) is 0 Å². The fourth-order valence-electron chi connectivity index (χ4n) is 1.99. The van der Waals surface area contributed by atoms with Crippen LogP contribution in [0.4, 0.5) is 0 Å². The molecule has 0 radical (unpaired) electrons. The van der Waals surface area contributed by atoms with E-state index in [-0.39, 0.29) is 0 Å². The lowest BCUT2D eigenvalue weighted by Gasteiger charge is -2.13. The number of carbonyl (C=O) groups is 2. The first-order valence-electron chi connectivity index (χ1n) is 6.44. The minimum atomic E-state index is -1.07. The van der Waals surface area contributed by atoms with Crippen LogP contribution >= 0.6 is 0 Å². The Morgan fingerprint density at radius 2 is 1.74 bits per heavy atom. The van der Waals surface area contributed by atoms with Crippen LogP contribution in [-0.2, 0) is 16.1 Å². The molecule has 4 nitrogen and oxygen atoms in total. The molecule has 1 atom stereocenters. The van der Waals surface area contributed by atoms with Gasteiger partial charge in [0.15, 0.2) is 0 Å². The molecule has 0 aliphatic rings. The minimum Gasteiger partial charge on any atom is -0.481 e. The normalized spacial score (nSPS) is 12.0. The number of aliphatic carboxylic acids is 1. The molecule has 4 heteroatoms. The molecule has 2 N–H and O–H groups in total. The van der Waals surface area contributed by atoms with Gasteiger partial charge in [-0.3, -0.25) is 9.59 Å². The first-order valence-corrected chi connectivity index (χ1v) is 6.44. The number of aryl methyl sites for hydroxylation is 3. The van der Waals surface area contributed by atoms with Crippen molar-refractivity contribution >= 4 is 11.9 Å². The van der Waals surface area contributed by atoms with E-state index in [1.807, 2.05) is 26.8 Å². The van der Waals surface area contributed by atoms with Crippen LogP contribution in [0.2, 0.25) is 0 Å². The maximum Gasteiger partial charge on any atom is 0.316 e. The zero-order valence-electron chi connectivity index (χ0n) is 11.9. The Morgan fingerprint density at radius 3 is 2.26 bits per heavy atom. The van der Waals surface area contributed by atoms with Crippen LogP contribution in [0.5, 0.6) is 0 Å². The zero-order chi connectivity index (χ0) is 14.6. The molecule has 0 heterocycles. The molecule has 1 unspecified atom stereocenters. The van der Waals surface area contributed by atoms with Gasteiger partial charge < -0.3 is 10.4 Å². The van der Waals surface area contributed by atoms with Gasteiger partial charge in [-0.15, -0.1) is 0 Å². The second kappa shape index (κ2) is 6.36. The molecular weight excluding hydrogens is 242 g/mol. The summed E-state index contributed by atoms with van der Waals surface area (Å²) in [5.41, 5.74) is 4.51. The highest BCUT2D eigenvalue weighted by atomic mass is 16.4. The van der Waals surface area contributed by atoms with Crippen molar-refractivity contribution in [3.63, 3.8) is 0 Å². The Bertz CT molecular complexity index is 494. The Hall–Kier alpha value is -1.84. The molecule has 0 aromatic heterocycles. The van der Waals surface area contributed by atoms with E-state index in [0.717, 1.165) is 11.1 Å². The highest BCUT2D eigenvalue weighted by molar-refractivity contribution is 5.96. The number of benzene rings is 1. The molecular formula is C15H21NO3. The zero-order valence-corrected chi connectivity index (χ0v) is 11.9. The molecule has 1 rings (SSSR count). The van der Waals surface area contributed by atoms with Gasteiger partial charge in [0.1, 0.15) is 5.92 Å². The third kappa shape index (κ3) is 3.81. The van der Waals surface area contributed by atoms with Crippen molar-refractivity contribution in [2.45, 2.75) is 40.7 Å². The summed E-state index contributed by atoms with van der Waals surface area (Å²) < 4.78 is 0. The maximum atomic E-state index is 11.8. The molecule has 0 aliphatic carbocycles. The first-order chi connectivity index (χ1) is 8.86. The van der Waals surface area contributed by atoms with E-state index < -0.39 is 17.8 Å². The second-order valence-electron chi connectivity index (χ2n) is 4.88. The first kappa shape index (κ1) is 15.2. The lowest BCUT2D eigenvalue weighted by atomic mass is 10.0. The Morgan fingerprint density at radius 1 is 1.16 bits per heavy atom. The lowest BCUT2D eigenvalue weighted by molar-refractivity contribution is -0.147. The van der Waals surface area contributed by atoms with Crippen LogP contribution in [0.1, 0.15) is 35.6 Å². The summed E-state index contributed by atoms with van der Waals surface area (Å²) in [5.74, 6) is -2.46. The number of carboxylic acid groups (broad SMARTS) is 1. The molecule has 0 bridgehead atoms. The number of nitrogens with one attached hydrogen (secondary N) is 1. The van der Waals surface area contributed by atoms with Gasteiger partial charge in [0.05, 0.1) is 0 Å². The Labute approximate surface area is 113 Å². The van der Waals surface area contributed by atoms with Gasteiger partial charge in [0.25, 0.3) is 0 Å². The monoisotopic (exact) mass is 263 g/mol. The summed E-state index contributed by atoms with van der Waals surface area (Å²) in [6, 6.07) is 4.11. The quantitative estimate of drug-likeness (QED) is 0.801. The fraction of sp³-hybridized carbons (Fsp3) is 0.467. The SMILES string of the molecule is CCC(C(=O)O)C(=O)NCc1cc(C)c(C)cc1C. The molecule has 19 heavy (non-hydrogen) atoms. The van der Waals surface area contributed by atoms with Crippen molar-refractivity contribution < 1.29 is 14.7 Å². The maximum absolute atomic E-state index is 11.8. The second-order valence-corrected chi connectivity index (χ2v) is 4.88. The summed E-state index contributed by atoms with van der Waals surface area (Å²) in [7, 11) is 0. The lowest BCUT2D eigenvalue weighted by Crippen LogP contribution is -2.34. The summed E-state index contributed by atoms with van der Waals surface area (Å²) in [5, 5.41) is 11.6. The standard InChI is InChI=1S/C15H21NO3/c1-5-13(15(18)19)14(17)16-8-12-7-10(3)9(2)6-11(12)4/h6-7,13H,5,8H2,1-4H3,(H,16,17)(H,18,19). The minimum absolute atomic E-state index is 0.299. The van der Waals surface area contributed by atoms with Crippen LogP contribution < -0.4 is 5.32 Å². The molecule has 1 amide bonds.